The van der Waals surface area contributed by atoms with E-state index in [9.17, 15) is 4.79 Å². The molecule has 3 aromatic heterocycles. The van der Waals surface area contributed by atoms with E-state index in [1.165, 1.54) is 11.3 Å². The summed E-state index contributed by atoms with van der Waals surface area (Å²) in [5, 5.41) is 11.4. The molecule has 0 spiro atoms. The monoisotopic (exact) mass is 299 g/mol. The lowest BCUT2D eigenvalue weighted by atomic mass is 10.2. The molecule has 7 heteroatoms. The molecular weight excluding hydrogens is 286 g/mol. The Balaban J connectivity index is 1.77. The second-order valence-corrected chi connectivity index (χ2v) is 5.22. The Morgan fingerprint density at radius 3 is 3.05 bits per heavy atom. The first kappa shape index (κ1) is 13.4. The van der Waals surface area contributed by atoms with Crippen molar-refractivity contribution in [2.45, 2.75) is 13.3 Å². The molecule has 3 rings (SSSR count). The molecule has 0 unspecified atom stereocenters. The van der Waals surface area contributed by atoms with E-state index in [0.29, 0.717) is 16.4 Å². The summed E-state index contributed by atoms with van der Waals surface area (Å²) in [5.74, 6) is 0.581. The van der Waals surface area contributed by atoms with E-state index in [-0.39, 0.29) is 11.9 Å². The quantitative estimate of drug-likeness (QED) is 0.776. The van der Waals surface area contributed by atoms with Gasteiger partial charge in [-0.3, -0.25) is 20.2 Å². The van der Waals surface area contributed by atoms with Crippen molar-refractivity contribution < 1.29 is 4.79 Å². The van der Waals surface area contributed by atoms with Gasteiger partial charge in [-0.15, -0.1) is 16.4 Å². The van der Waals surface area contributed by atoms with Gasteiger partial charge in [0.25, 0.3) is 5.91 Å². The Labute approximate surface area is 125 Å². The number of carbonyl (C=O) groups excluding carboxylic acids is 1. The van der Waals surface area contributed by atoms with Gasteiger partial charge in [-0.1, -0.05) is 13.0 Å². The highest BCUT2D eigenvalue weighted by Gasteiger charge is 2.15. The minimum Gasteiger partial charge on any atom is -0.288 e. The summed E-state index contributed by atoms with van der Waals surface area (Å²) < 4.78 is 0. The van der Waals surface area contributed by atoms with Crippen molar-refractivity contribution in [2.24, 2.45) is 0 Å². The topological polar surface area (TPSA) is 83.6 Å². The first-order valence-corrected chi connectivity index (χ1v) is 7.37. The second-order valence-electron chi connectivity index (χ2n) is 4.31. The molecule has 106 valence electrons. The molecule has 0 fully saturated rings. The van der Waals surface area contributed by atoms with Crippen molar-refractivity contribution in [1.82, 2.24) is 20.2 Å². The molecule has 1 amide bonds. The molecule has 0 atom stereocenters. The summed E-state index contributed by atoms with van der Waals surface area (Å²) in [7, 11) is 0. The molecule has 0 aromatic carbocycles. The Kier molecular flexibility index (Phi) is 3.74. The van der Waals surface area contributed by atoms with Crippen LogP contribution in [-0.4, -0.2) is 26.1 Å². The summed E-state index contributed by atoms with van der Waals surface area (Å²) in [6, 6.07) is 7.46. The lowest BCUT2D eigenvalue weighted by Gasteiger charge is -2.00. The number of anilines is 1. The average molecular weight is 299 g/mol. The Hall–Kier alpha value is -2.54. The Bertz CT molecular complexity index is 750. The van der Waals surface area contributed by atoms with Crippen LogP contribution in [0.5, 0.6) is 0 Å². The van der Waals surface area contributed by atoms with Gasteiger partial charge in [0.1, 0.15) is 5.69 Å². The predicted molar refractivity (Wildman–Crippen MR) is 81.3 cm³/mol. The summed E-state index contributed by atoms with van der Waals surface area (Å²) in [4.78, 5) is 21.3. The van der Waals surface area contributed by atoms with Crippen molar-refractivity contribution in [3.05, 3.63) is 46.3 Å². The number of nitrogens with one attached hydrogen (secondary N) is 2. The number of nitrogens with zero attached hydrogens (tertiary/aromatic N) is 3. The van der Waals surface area contributed by atoms with E-state index < -0.39 is 0 Å². The zero-order chi connectivity index (χ0) is 14.7. The van der Waals surface area contributed by atoms with Crippen LogP contribution in [0.1, 0.15) is 22.2 Å². The van der Waals surface area contributed by atoms with Crippen LogP contribution >= 0.6 is 11.3 Å². The highest BCUT2D eigenvalue weighted by Crippen LogP contribution is 2.19. The summed E-state index contributed by atoms with van der Waals surface area (Å²) in [6.45, 7) is 2.02. The molecule has 2 N–H and O–H groups in total. The molecule has 3 aromatic rings. The lowest BCUT2D eigenvalue weighted by Crippen LogP contribution is -2.13. The highest BCUT2D eigenvalue weighted by molar-refractivity contribution is 7.12. The highest BCUT2D eigenvalue weighted by atomic mass is 32.1. The van der Waals surface area contributed by atoms with Crippen LogP contribution in [0, 0.1) is 0 Å². The van der Waals surface area contributed by atoms with E-state index >= 15 is 0 Å². The Morgan fingerprint density at radius 1 is 1.38 bits per heavy atom. The van der Waals surface area contributed by atoms with Gasteiger partial charge in [0.15, 0.2) is 5.82 Å². The average Bonchev–Trinajstić information content (AvgIpc) is 3.16. The van der Waals surface area contributed by atoms with Crippen molar-refractivity contribution in [2.75, 3.05) is 5.32 Å². The van der Waals surface area contributed by atoms with Crippen LogP contribution in [0.15, 0.2) is 35.8 Å². The van der Waals surface area contributed by atoms with Gasteiger partial charge in [-0.2, -0.15) is 4.98 Å². The van der Waals surface area contributed by atoms with Crippen LogP contribution < -0.4 is 5.32 Å². The van der Waals surface area contributed by atoms with E-state index in [1.54, 1.807) is 6.20 Å². The van der Waals surface area contributed by atoms with E-state index in [4.69, 9.17) is 0 Å². The normalized spacial score (nSPS) is 10.5. The van der Waals surface area contributed by atoms with Gasteiger partial charge in [-0.25, -0.2) is 0 Å². The summed E-state index contributed by atoms with van der Waals surface area (Å²) in [5.41, 5.74) is 1.70. The molecule has 0 radical (unpaired) electrons. The molecule has 3 heterocycles. The van der Waals surface area contributed by atoms with E-state index in [2.05, 4.69) is 25.5 Å². The molecule has 0 bridgehead atoms. The number of hydrogen-bond acceptors (Lipinski definition) is 5. The van der Waals surface area contributed by atoms with Gasteiger partial charge in [0.2, 0.25) is 5.95 Å². The van der Waals surface area contributed by atoms with Gasteiger partial charge in [-0.05, 0) is 35.6 Å². The van der Waals surface area contributed by atoms with Crippen LogP contribution in [0.3, 0.4) is 0 Å². The maximum atomic E-state index is 12.2. The number of aromatic amines is 1. The fourth-order valence-corrected chi connectivity index (χ4v) is 2.80. The van der Waals surface area contributed by atoms with Crippen molar-refractivity contribution in [3.63, 3.8) is 0 Å². The molecule has 0 aliphatic rings. The van der Waals surface area contributed by atoms with E-state index in [0.717, 1.165) is 12.0 Å². The number of H-pyrrole nitrogens is 1. The number of hydrogen-bond donors (Lipinski definition) is 2. The van der Waals surface area contributed by atoms with Crippen LogP contribution in [-0.2, 0) is 6.42 Å². The largest absolute Gasteiger partial charge is 0.288 e. The number of amides is 1. The second kappa shape index (κ2) is 5.84. The van der Waals surface area contributed by atoms with Gasteiger partial charge in [0.05, 0.1) is 4.88 Å². The minimum atomic E-state index is -0.187. The maximum absolute atomic E-state index is 12.2. The third kappa shape index (κ3) is 2.82. The molecule has 6 nitrogen and oxygen atoms in total. The fourth-order valence-electron chi connectivity index (χ4n) is 1.91. The first-order valence-electron chi connectivity index (χ1n) is 6.49. The summed E-state index contributed by atoms with van der Waals surface area (Å²) >= 11 is 1.41. The van der Waals surface area contributed by atoms with Crippen molar-refractivity contribution >= 4 is 23.2 Å². The molecule has 21 heavy (non-hydrogen) atoms. The van der Waals surface area contributed by atoms with Crippen molar-refractivity contribution in [3.8, 4) is 11.5 Å². The molecular formula is C14H13N5OS. The number of rotatable bonds is 4. The maximum Gasteiger partial charge on any atom is 0.268 e. The lowest BCUT2D eigenvalue weighted by molar-refractivity contribution is 0.102. The predicted octanol–water partition coefficient (Wildman–Crippen LogP) is 2.74. The smallest absolute Gasteiger partial charge is 0.268 e. The molecule has 0 aliphatic heterocycles. The number of aryl methyl sites for hydroxylation is 1. The van der Waals surface area contributed by atoms with Crippen molar-refractivity contribution in [1.29, 1.82) is 0 Å². The third-order valence-electron chi connectivity index (χ3n) is 2.95. The number of pyridine rings is 1. The molecule has 0 aliphatic carbocycles. The van der Waals surface area contributed by atoms with Gasteiger partial charge < -0.3 is 0 Å². The van der Waals surface area contributed by atoms with Gasteiger partial charge in [0, 0.05) is 6.20 Å². The number of carbonyl (C=O) groups is 1. The fraction of sp³-hybridized carbons (Fsp3) is 0.143. The Morgan fingerprint density at radius 2 is 2.29 bits per heavy atom. The minimum absolute atomic E-state index is 0.187. The van der Waals surface area contributed by atoms with Crippen LogP contribution in [0.25, 0.3) is 11.5 Å². The number of thiophene rings is 1. The zero-order valence-corrected chi connectivity index (χ0v) is 12.1. The van der Waals surface area contributed by atoms with E-state index in [1.807, 2.05) is 36.6 Å². The molecule has 0 saturated carbocycles. The molecule has 0 saturated heterocycles. The van der Waals surface area contributed by atoms with Gasteiger partial charge >= 0.3 is 0 Å². The number of aromatic nitrogens is 4. The third-order valence-corrected chi connectivity index (χ3v) is 3.91. The van der Waals surface area contributed by atoms with Crippen LogP contribution in [0.4, 0.5) is 5.95 Å². The standard InChI is InChI=1S/C14H13N5OS/c1-2-9-6-8-21-11(9)13(20)17-14-16-12(18-19-14)10-5-3-4-7-15-10/h3-8H,2H2,1H3,(H2,16,17,18,19,20). The van der Waals surface area contributed by atoms with Crippen LogP contribution in [0.2, 0.25) is 0 Å². The zero-order valence-electron chi connectivity index (χ0n) is 11.3. The first-order chi connectivity index (χ1) is 10.3. The SMILES string of the molecule is CCc1ccsc1C(=O)Nc1n[nH]c(-c2ccccn2)n1. The summed E-state index contributed by atoms with van der Waals surface area (Å²) in [6.07, 6.45) is 2.49.